The van der Waals surface area contributed by atoms with Gasteiger partial charge in [0.2, 0.25) is 0 Å². The highest BCUT2D eigenvalue weighted by molar-refractivity contribution is 9.11. The second kappa shape index (κ2) is 5.74. The fourth-order valence-corrected chi connectivity index (χ4v) is 4.94. The minimum absolute atomic E-state index is 0.0484. The van der Waals surface area contributed by atoms with E-state index in [-0.39, 0.29) is 15.6 Å². The number of hydrogen-bond acceptors (Lipinski definition) is 5. The second-order valence-electron chi connectivity index (χ2n) is 4.41. The van der Waals surface area contributed by atoms with E-state index in [1.54, 1.807) is 19.9 Å². The summed E-state index contributed by atoms with van der Waals surface area (Å²) in [5, 5.41) is 11.0. The Balaban J connectivity index is 2.44. The van der Waals surface area contributed by atoms with Crippen molar-refractivity contribution in [3.05, 3.63) is 49.3 Å². The molecule has 0 atom stereocenters. The molecule has 0 aliphatic heterocycles. The van der Waals surface area contributed by atoms with E-state index >= 15 is 0 Å². The summed E-state index contributed by atoms with van der Waals surface area (Å²) in [6, 6.07) is 5.84. The van der Waals surface area contributed by atoms with E-state index < -0.39 is 14.9 Å². The first kappa shape index (κ1) is 15.9. The van der Waals surface area contributed by atoms with Gasteiger partial charge in [-0.3, -0.25) is 14.8 Å². The van der Waals surface area contributed by atoms with Gasteiger partial charge < -0.3 is 0 Å². The molecule has 0 fully saturated rings. The molecule has 1 aromatic carbocycles. The molecule has 112 valence electrons. The topological polar surface area (TPSA) is 89.3 Å². The lowest BCUT2D eigenvalue weighted by Crippen LogP contribution is -2.12. The average molecular weight is 391 g/mol. The summed E-state index contributed by atoms with van der Waals surface area (Å²) in [5.41, 5.74) is 1.15. The highest BCUT2D eigenvalue weighted by atomic mass is 79.9. The summed E-state index contributed by atoms with van der Waals surface area (Å²) in [6.07, 6.45) is 0. The molecule has 0 aliphatic rings. The number of nitro benzene ring substituents is 1. The molecular weight excluding hydrogens is 380 g/mol. The number of aryl methyl sites for hydroxylation is 2. The van der Waals surface area contributed by atoms with Crippen LogP contribution in [0.25, 0.3) is 0 Å². The highest BCUT2D eigenvalue weighted by Crippen LogP contribution is 2.33. The molecule has 2 rings (SSSR count). The van der Waals surface area contributed by atoms with Crippen molar-refractivity contribution in [2.24, 2.45) is 0 Å². The van der Waals surface area contributed by atoms with Gasteiger partial charge in [0.25, 0.3) is 15.7 Å². The molecule has 0 spiro atoms. The third kappa shape index (κ3) is 3.42. The van der Waals surface area contributed by atoms with Crippen LogP contribution in [0.15, 0.2) is 32.3 Å². The lowest BCUT2D eigenvalue weighted by atomic mass is 10.2. The van der Waals surface area contributed by atoms with Crippen LogP contribution in [0.4, 0.5) is 11.4 Å². The monoisotopic (exact) mass is 390 g/mol. The van der Waals surface area contributed by atoms with Crippen LogP contribution in [0, 0.1) is 24.0 Å². The Morgan fingerprint density at radius 3 is 2.48 bits per heavy atom. The molecule has 0 unspecified atom stereocenters. The Hall–Kier alpha value is -1.45. The molecule has 0 amide bonds. The van der Waals surface area contributed by atoms with Gasteiger partial charge in [-0.25, -0.2) is 8.42 Å². The molecule has 1 heterocycles. The standard InChI is InChI=1S/C12H11BrN2O4S2/c1-7-3-4-9(10(5-7)15(16)17)14-21(18,19)11-6-8(2)12(13)20-11/h3-6,14H,1-2H3. The highest BCUT2D eigenvalue weighted by Gasteiger charge is 2.23. The molecule has 2 aromatic rings. The third-order valence-corrected chi connectivity index (χ3v) is 6.67. The quantitative estimate of drug-likeness (QED) is 0.634. The van der Waals surface area contributed by atoms with Gasteiger partial charge >= 0.3 is 0 Å². The molecule has 1 aromatic heterocycles. The molecule has 9 heteroatoms. The van der Waals surface area contributed by atoms with E-state index in [0.717, 1.165) is 16.9 Å². The largest absolute Gasteiger partial charge is 0.293 e. The summed E-state index contributed by atoms with van der Waals surface area (Å²) in [5.74, 6) is 0. The van der Waals surface area contributed by atoms with Crippen molar-refractivity contribution in [3.8, 4) is 0 Å². The van der Waals surface area contributed by atoms with Gasteiger partial charge in [-0.1, -0.05) is 6.07 Å². The van der Waals surface area contributed by atoms with Gasteiger partial charge in [-0.05, 0) is 53.0 Å². The van der Waals surface area contributed by atoms with Crippen LogP contribution in [0.3, 0.4) is 0 Å². The van der Waals surface area contributed by atoms with Crippen LogP contribution in [0.2, 0.25) is 0 Å². The van der Waals surface area contributed by atoms with Gasteiger partial charge in [-0.2, -0.15) is 0 Å². The maximum atomic E-state index is 12.3. The number of anilines is 1. The maximum Gasteiger partial charge on any atom is 0.293 e. The Morgan fingerprint density at radius 1 is 1.29 bits per heavy atom. The fraction of sp³-hybridized carbons (Fsp3) is 0.167. The second-order valence-corrected chi connectivity index (χ2v) is 8.68. The lowest BCUT2D eigenvalue weighted by Gasteiger charge is -2.07. The molecule has 0 saturated heterocycles. The minimum atomic E-state index is -3.85. The Kier molecular flexibility index (Phi) is 4.35. The number of hydrogen-bond donors (Lipinski definition) is 1. The Morgan fingerprint density at radius 2 is 1.95 bits per heavy atom. The van der Waals surface area contributed by atoms with Crippen LogP contribution in [-0.4, -0.2) is 13.3 Å². The summed E-state index contributed by atoms with van der Waals surface area (Å²) in [6.45, 7) is 3.47. The van der Waals surface area contributed by atoms with Gasteiger partial charge in [0.15, 0.2) is 0 Å². The molecular formula is C12H11BrN2O4S2. The van der Waals surface area contributed by atoms with E-state index in [4.69, 9.17) is 0 Å². The number of rotatable bonds is 4. The van der Waals surface area contributed by atoms with Crippen LogP contribution in [0.5, 0.6) is 0 Å². The number of sulfonamides is 1. The van der Waals surface area contributed by atoms with Gasteiger partial charge in [0.1, 0.15) is 9.90 Å². The Labute approximate surface area is 134 Å². The average Bonchev–Trinajstić information content (AvgIpc) is 2.72. The number of thiophene rings is 1. The molecule has 0 radical (unpaired) electrons. The normalized spacial score (nSPS) is 11.4. The number of nitrogens with zero attached hydrogens (tertiary/aromatic N) is 1. The number of halogens is 1. The summed E-state index contributed by atoms with van der Waals surface area (Å²) in [7, 11) is -3.85. The molecule has 1 N–H and O–H groups in total. The van der Waals surface area contributed by atoms with E-state index in [0.29, 0.717) is 9.35 Å². The van der Waals surface area contributed by atoms with Crippen molar-refractivity contribution in [3.63, 3.8) is 0 Å². The molecule has 6 nitrogen and oxygen atoms in total. The molecule has 21 heavy (non-hydrogen) atoms. The van der Waals surface area contributed by atoms with Crippen LogP contribution >= 0.6 is 27.3 Å². The van der Waals surface area contributed by atoms with Crippen LogP contribution in [-0.2, 0) is 10.0 Å². The maximum absolute atomic E-state index is 12.3. The third-order valence-electron chi connectivity index (χ3n) is 2.69. The summed E-state index contributed by atoms with van der Waals surface area (Å²) < 4.78 is 27.6. The number of benzene rings is 1. The van der Waals surface area contributed by atoms with E-state index in [9.17, 15) is 18.5 Å². The summed E-state index contributed by atoms with van der Waals surface area (Å²) >= 11 is 4.31. The number of nitro groups is 1. The molecule has 0 saturated carbocycles. The summed E-state index contributed by atoms with van der Waals surface area (Å²) in [4.78, 5) is 10.4. The van der Waals surface area contributed by atoms with Crippen molar-refractivity contribution in [2.75, 3.05) is 4.72 Å². The molecule has 0 bridgehead atoms. The van der Waals surface area contributed by atoms with Crippen molar-refractivity contribution in [1.82, 2.24) is 0 Å². The van der Waals surface area contributed by atoms with Crippen molar-refractivity contribution in [2.45, 2.75) is 18.1 Å². The van der Waals surface area contributed by atoms with E-state index in [1.807, 2.05) is 0 Å². The zero-order chi connectivity index (χ0) is 15.8. The van der Waals surface area contributed by atoms with Crippen molar-refractivity contribution in [1.29, 1.82) is 0 Å². The van der Waals surface area contributed by atoms with Gasteiger partial charge in [-0.15, -0.1) is 11.3 Å². The van der Waals surface area contributed by atoms with Crippen LogP contribution < -0.4 is 4.72 Å². The Bertz CT molecular complexity index is 795. The van der Waals surface area contributed by atoms with E-state index in [1.165, 1.54) is 18.2 Å². The zero-order valence-electron chi connectivity index (χ0n) is 11.1. The SMILES string of the molecule is Cc1ccc(NS(=O)(=O)c2cc(C)c(Br)s2)c([N+](=O)[O-])c1. The minimum Gasteiger partial charge on any atom is -0.272 e. The predicted octanol–water partition coefficient (Wildman–Crippen LogP) is 3.84. The van der Waals surface area contributed by atoms with Crippen molar-refractivity contribution >= 4 is 48.7 Å². The van der Waals surface area contributed by atoms with Gasteiger partial charge in [0, 0.05) is 6.07 Å². The smallest absolute Gasteiger partial charge is 0.272 e. The first-order valence-corrected chi connectivity index (χ1v) is 8.84. The number of nitrogens with one attached hydrogen (secondary N) is 1. The van der Waals surface area contributed by atoms with Gasteiger partial charge in [0.05, 0.1) is 8.71 Å². The fourth-order valence-electron chi connectivity index (χ4n) is 1.64. The predicted molar refractivity (Wildman–Crippen MR) is 85.4 cm³/mol. The zero-order valence-corrected chi connectivity index (χ0v) is 14.3. The van der Waals surface area contributed by atoms with Crippen LogP contribution in [0.1, 0.15) is 11.1 Å². The van der Waals surface area contributed by atoms with Crippen molar-refractivity contribution < 1.29 is 13.3 Å². The first-order valence-electron chi connectivity index (χ1n) is 5.74. The first-order chi connectivity index (χ1) is 9.70. The molecule has 0 aliphatic carbocycles. The lowest BCUT2D eigenvalue weighted by molar-refractivity contribution is -0.383. The van der Waals surface area contributed by atoms with E-state index in [2.05, 4.69) is 20.7 Å².